The lowest BCUT2D eigenvalue weighted by atomic mass is 10.0. The molecule has 5 rings (SSSR count). The summed E-state index contributed by atoms with van der Waals surface area (Å²) < 4.78 is 1.89. The van der Waals surface area contributed by atoms with Gasteiger partial charge in [0.25, 0.3) is 0 Å². The van der Waals surface area contributed by atoms with E-state index < -0.39 is 0 Å². The van der Waals surface area contributed by atoms with Crippen LogP contribution in [0.2, 0.25) is 5.02 Å². The van der Waals surface area contributed by atoms with Gasteiger partial charge >= 0.3 is 0 Å². The van der Waals surface area contributed by atoms with Crippen molar-refractivity contribution in [2.24, 2.45) is 5.92 Å². The number of nitrogens with zero attached hydrogens (tertiary/aromatic N) is 1. The second-order valence-corrected chi connectivity index (χ2v) is 7.14. The van der Waals surface area contributed by atoms with E-state index in [1.807, 2.05) is 41.0 Å². The molecular formula is C22H16ClNO. The molecule has 1 saturated carbocycles. The zero-order chi connectivity index (χ0) is 17.0. The van der Waals surface area contributed by atoms with Crippen molar-refractivity contribution < 1.29 is 4.79 Å². The van der Waals surface area contributed by atoms with Crippen LogP contribution in [0, 0.1) is 5.92 Å². The molecule has 3 aromatic carbocycles. The molecular weight excluding hydrogens is 330 g/mol. The van der Waals surface area contributed by atoms with E-state index in [9.17, 15) is 4.79 Å². The highest BCUT2D eigenvalue weighted by atomic mass is 35.5. The maximum Gasteiger partial charge on any atom is 0.234 e. The second kappa shape index (κ2) is 5.47. The van der Waals surface area contributed by atoms with Crippen molar-refractivity contribution in [3.63, 3.8) is 0 Å². The Hall–Kier alpha value is -2.58. The highest BCUT2D eigenvalue weighted by Crippen LogP contribution is 2.38. The summed E-state index contributed by atoms with van der Waals surface area (Å²) in [5.41, 5.74) is 2.97. The van der Waals surface area contributed by atoms with Crippen LogP contribution in [0.4, 0.5) is 0 Å². The molecule has 3 heteroatoms. The van der Waals surface area contributed by atoms with Gasteiger partial charge < -0.3 is 0 Å². The molecule has 1 heterocycles. The predicted octanol–water partition coefficient (Wildman–Crippen LogP) is 6.17. The quantitative estimate of drug-likeness (QED) is 0.426. The lowest BCUT2D eigenvalue weighted by molar-refractivity contribution is 0.0893. The summed E-state index contributed by atoms with van der Waals surface area (Å²) in [6.07, 6.45) is 1.97. The number of benzene rings is 3. The second-order valence-electron chi connectivity index (χ2n) is 6.71. The normalized spacial score (nSPS) is 14.3. The number of hydrogen-bond acceptors (Lipinski definition) is 1. The summed E-state index contributed by atoms with van der Waals surface area (Å²) in [7, 11) is 0. The number of hydrogen-bond donors (Lipinski definition) is 0. The molecule has 0 bridgehead atoms. The third-order valence-corrected chi connectivity index (χ3v) is 5.21. The van der Waals surface area contributed by atoms with Crippen molar-refractivity contribution in [3.8, 4) is 11.3 Å². The lowest BCUT2D eigenvalue weighted by Crippen LogP contribution is -2.13. The molecule has 0 radical (unpaired) electrons. The largest absolute Gasteiger partial charge is 0.280 e. The van der Waals surface area contributed by atoms with E-state index in [1.54, 1.807) is 0 Å². The fourth-order valence-corrected chi connectivity index (χ4v) is 3.76. The smallest absolute Gasteiger partial charge is 0.234 e. The number of fused-ring (bicyclic) bond motifs is 2. The Bertz CT molecular complexity index is 1130. The summed E-state index contributed by atoms with van der Waals surface area (Å²) in [6.45, 7) is 0. The van der Waals surface area contributed by atoms with Crippen LogP contribution in [-0.4, -0.2) is 10.5 Å². The van der Waals surface area contributed by atoms with Gasteiger partial charge in [-0.3, -0.25) is 9.36 Å². The average Bonchev–Trinajstić information content (AvgIpc) is 3.41. The molecule has 122 valence electrons. The van der Waals surface area contributed by atoms with Crippen molar-refractivity contribution in [3.05, 3.63) is 71.8 Å². The van der Waals surface area contributed by atoms with Gasteiger partial charge in [0.1, 0.15) is 0 Å². The molecule has 1 aliphatic rings. The number of rotatable bonds is 2. The van der Waals surface area contributed by atoms with Crippen LogP contribution in [0.25, 0.3) is 32.9 Å². The van der Waals surface area contributed by atoms with Gasteiger partial charge in [0.2, 0.25) is 5.91 Å². The van der Waals surface area contributed by atoms with E-state index in [0.29, 0.717) is 5.02 Å². The summed E-state index contributed by atoms with van der Waals surface area (Å²) in [5.74, 6) is 0.347. The fourth-order valence-electron chi connectivity index (χ4n) is 3.58. The SMILES string of the molecule is O=C(C1CC1)n1c(-c2cccc3ccccc23)cc2cc(Cl)ccc21. The van der Waals surface area contributed by atoms with Crippen LogP contribution in [-0.2, 0) is 0 Å². The zero-order valence-corrected chi connectivity index (χ0v) is 14.3. The Morgan fingerprint density at radius 3 is 2.56 bits per heavy atom. The van der Waals surface area contributed by atoms with Crippen LogP contribution in [0.15, 0.2) is 66.7 Å². The summed E-state index contributed by atoms with van der Waals surface area (Å²) in [5, 5.41) is 4.02. The van der Waals surface area contributed by atoms with E-state index in [2.05, 4.69) is 30.3 Å². The highest BCUT2D eigenvalue weighted by molar-refractivity contribution is 6.31. The van der Waals surface area contributed by atoms with E-state index in [1.165, 1.54) is 5.39 Å². The Morgan fingerprint density at radius 1 is 0.920 bits per heavy atom. The van der Waals surface area contributed by atoms with Crippen LogP contribution in [0.3, 0.4) is 0 Å². The topological polar surface area (TPSA) is 22.0 Å². The monoisotopic (exact) mass is 345 g/mol. The molecule has 0 aliphatic heterocycles. The van der Waals surface area contributed by atoms with Crippen molar-refractivity contribution in [1.29, 1.82) is 0 Å². The third-order valence-electron chi connectivity index (χ3n) is 4.98. The molecule has 0 amide bonds. The molecule has 0 unspecified atom stereocenters. The van der Waals surface area contributed by atoms with Crippen molar-refractivity contribution >= 4 is 39.2 Å². The molecule has 25 heavy (non-hydrogen) atoms. The average molecular weight is 346 g/mol. The Morgan fingerprint density at radius 2 is 1.72 bits per heavy atom. The first-order valence-corrected chi connectivity index (χ1v) is 8.93. The van der Waals surface area contributed by atoms with Crippen LogP contribution < -0.4 is 0 Å². The molecule has 0 N–H and O–H groups in total. The minimum absolute atomic E-state index is 0.153. The predicted molar refractivity (Wildman–Crippen MR) is 103 cm³/mol. The minimum Gasteiger partial charge on any atom is -0.280 e. The first-order chi connectivity index (χ1) is 12.2. The molecule has 1 aromatic heterocycles. The van der Waals surface area contributed by atoms with Crippen LogP contribution in [0.1, 0.15) is 17.6 Å². The van der Waals surface area contributed by atoms with Gasteiger partial charge in [-0.05, 0) is 47.9 Å². The van der Waals surface area contributed by atoms with Crippen molar-refractivity contribution in [2.45, 2.75) is 12.8 Å². The number of carbonyl (C=O) groups excluding carboxylic acids is 1. The van der Waals surface area contributed by atoms with E-state index in [0.717, 1.165) is 40.4 Å². The lowest BCUT2D eigenvalue weighted by Gasteiger charge is -2.11. The van der Waals surface area contributed by atoms with Crippen LogP contribution >= 0.6 is 11.6 Å². The molecule has 4 aromatic rings. The maximum absolute atomic E-state index is 13.0. The Balaban J connectivity index is 1.85. The molecule has 1 fully saturated rings. The van der Waals surface area contributed by atoms with E-state index in [4.69, 9.17) is 11.6 Å². The molecule has 0 saturated heterocycles. The third kappa shape index (κ3) is 2.37. The molecule has 0 atom stereocenters. The van der Waals surface area contributed by atoms with E-state index in [-0.39, 0.29) is 11.8 Å². The van der Waals surface area contributed by atoms with Crippen molar-refractivity contribution in [2.75, 3.05) is 0 Å². The van der Waals surface area contributed by atoms with Crippen LogP contribution in [0.5, 0.6) is 0 Å². The summed E-state index contributed by atoms with van der Waals surface area (Å²) >= 11 is 6.18. The molecule has 2 nitrogen and oxygen atoms in total. The molecule has 1 aliphatic carbocycles. The first kappa shape index (κ1) is 14.7. The van der Waals surface area contributed by atoms with Gasteiger partial charge in [0, 0.05) is 21.9 Å². The number of aromatic nitrogens is 1. The van der Waals surface area contributed by atoms with Gasteiger partial charge in [-0.25, -0.2) is 0 Å². The highest BCUT2D eigenvalue weighted by Gasteiger charge is 2.33. The van der Waals surface area contributed by atoms with Gasteiger partial charge in [-0.15, -0.1) is 0 Å². The molecule has 0 spiro atoms. The van der Waals surface area contributed by atoms with Gasteiger partial charge in [0.15, 0.2) is 0 Å². The maximum atomic E-state index is 13.0. The standard InChI is InChI=1S/C22H16ClNO/c23-17-10-11-20-16(12-17)13-21(24(20)22(25)15-8-9-15)19-7-3-5-14-4-1-2-6-18(14)19/h1-7,10-13,15H,8-9H2. The number of halogens is 1. The van der Waals surface area contributed by atoms with Gasteiger partial charge in [-0.2, -0.15) is 0 Å². The fraction of sp³-hybridized carbons (Fsp3) is 0.136. The van der Waals surface area contributed by atoms with Gasteiger partial charge in [-0.1, -0.05) is 54.1 Å². The summed E-state index contributed by atoms with van der Waals surface area (Å²) in [4.78, 5) is 13.0. The minimum atomic E-state index is 0.153. The first-order valence-electron chi connectivity index (χ1n) is 8.56. The number of carbonyl (C=O) groups is 1. The summed E-state index contributed by atoms with van der Waals surface area (Å²) in [6, 6.07) is 22.4. The van der Waals surface area contributed by atoms with Crippen molar-refractivity contribution in [1.82, 2.24) is 4.57 Å². The zero-order valence-electron chi connectivity index (χ0n) is 13.6. The van der Waals surface area contributed by atoms with Gasteiger partial charge in [0.05, 0.1) is 11.2 Å². The Labute approximate surface area is 150 Å². The Kier molecular flexibility index (Phi) is 3.22. The van der Waals surface area contributed by atoms with E-state index >= 15 is 0 Å².